The number of hydrogen-bond donors (Lipinski definition) is 5. The fourth-order valence-corrected chi connectivity index (χ4v) is 2.73. The van der Waals surface area contributed by atoms with E-state index in [4.69, 9.17) is 11.5 Å². The van der Waals surface area contributed by atoms with Gasteiger partial charge in [0.25, 0.3) is 0 Å². The van der Waals surface area contributed by atoms with E-state index >= 15 is 0 Å². The summed E-state index contributed by atoms with van der Waals surface area (Å²) < 4.78 is 0. The topological polar surface area (TPSA) is 134 Å². The van der Waals surface area contributed by atoms with Crippen LogP contribution in [0.3, 0.4) is 0 Å². The highest BCUT2D eigenvalue weighted by molar-refractivity contribution is 6.04. The lowest BCUT2D eigenvalue weighted by Crippen LogP contribution is -2.17. The van der Waals surface area contributed by atoms with Crippen molar-refractivity contribution in [1.29, 1.82) is 0 Å². The first-order valence-corrected chi connectivity index (χ1v) is 9.34. The molecule has 0 amide bonds. The molecule has 2 aromatic rings. The van der Waals surface area contributed by atoms with E-state index in [0.717, 1.165) is 16.8 Å². The Balaban J connectivity index is 2.50. The molecule has 0 aliphatic heterocycles. The molecule has 0 saturated heterocycles. The van der Waals surface area contributed by atoms with E-state index in [1.165, 1.54) is 0 Å². The van der Waals surface area contributed by atoms with Gasteiger partial charge in [0.2, 0.25) is 0 Å². The molecule has 0 spiro atoms. The van der Waals surface area contributed by atoms with Gasteiger partial charge in [0.05, 0.1) is 16.9 Å². The zero-order valence-electron chi connectivity index (χ0n) is 17.5. The summed E-state index contributed by atoms with van der Waals surface area (Å²) >= 11 is 0. The van der Waals surface area contributed by atoms with Crippen LogP contribution >= 0.6 is 0 Å². The molecule has 2 rings (SSSR count). The first-order chi connectivity index (χ1) is 13.8. The van der Waals surface area contributed by atoms with Gasteiger partial charge < -0.3 is 27.2 Å². The number of nitrogens with two attached hydrogens (primary N) is 2. The standard InChI is InChI=1S/C21H29N7O/c1-6-25-16-9-18(27-20(22)13(3)10-24-5)26-11-15(16)21(23)28-19-12(2)7-8-17(29)14(19)4/h7-11,24,29H,6H2,1-5H3,(H2,23,28)(H3,22,25,26,27)/b13-10-. The summed E-state index contributed by atoms with van der Waals surface area (Å²) in [6, 6.07) is 5.23. The zero-order valence-corrected chi connectivity index (χ0v) is 17.5. The van der Waals surface area contributed by atoms with Crippen molar-refractivity contribution in [3.63, 3.8) is 0 Å². The molecule has 7 N–H and O–H groups in total. The van der Waals surface area contributed by atoms with Crippen LogP contribution in [0.1, 0.15) is 30.5 Å². The second-order valence-corrected chi connectivity index (χ2v) is 6.60. The molecular weight excluding hydrogens is 366 g/mol. The molecule has 0 fully saturated rings. The quantitative estimate of drug-likeness (QED) is 0.361. The van der Waals surface area contributed by atoms with Crippen molar-refractivity contribution in [1.82, 2.24) is 10.3 Å². The number of rotatable bonds is 7. The summed E-state index contributed by atoms with van der Waals surface area (Å²) in [5.74, 6) is 1.30. The summed E-state index contributed by atoms with van der Waals surface area (Å²) in [4.78, 5) is 13.3. The van der Waals surface area contributed by atoms with Crippen molar-refractivity contribution in [2.24, 2.45) is 21.5 Å². The Morgan fingerprint density at radius 3 is 2.62 bits per heavy atom. The Labute approximate surface area is 171 Å². The minimum Gasteiger partial charge on any atom is -0.508 e. The molecule has 0 aliphatic rings. The highest BCUT2D eigenvalue weighted by Gasteiger charge is 2.12. The molecule has 0 bridgehead atoms. The van der Waals surface area contributed by atoms with Crippen LogP contribution in [-0.2, 0) is 0 Å². The van der Waals surface area contributed by atoms with E-state index in [1.807, 2.05) is 20.8 Å². The van der Waals surface area contributed by atoms with Crippen LogP contribution in [0.25, 0.3) is 0 Å². The Kier molecular flexibility index (Phi) is 7.19. The number of aliphatic imine (C=N–C) groups is 2. The summed E-state index contributed by atoms with van der Waals surface area (Å²) in [5, 5.41) is 16.2. The fourth-order valence-electron chi connectivity index (χ4n) is 2.73. The molecule has 8 heteroatoms. The molecule has 0 saturated carbocycles. The first-order valence-electron chi connectivity index (χ1n) is 9.34. The number of phenolic OH excluding ortho intramolecular Hbond substituents is 1. The number of anilines is 1. The average Bonchev–Trinajstić information content (AvgIpc) is 2.68. The third-order valence-electron chi connectivity index (χ3n) is 4.37. The number of aryl methyl sites for hydroxylation is 1. The Morgan fingerprint density at radius 1 is 1.24 bits per heavy atom. The summed E-state index contributed by atoms with van der Waals surface area (Å²) in [6.07, 6.45) is 3.39. The molecule has 0 radical (unpaired) electrons. The molecule has 0 atom stereocenters. The molecule has 0 unspecified atom stereocenters. The highest BCUT2D eigenvalue weighted by atomic mass is 16.3. The molecular formula is C21H29N7O. The summed E-state index contributed by atoms with van der Waals surface area (Å²) in [5.41, 5.74) is 16.7. The predicted molar refractivity (Wildman–Crippen MR) is 120 cm³/mol. The molecule has 1 heterocycles. The molecule has 29 heavy (non-hydrogen) atoms. The average molecular weight is 396 g/mol. The number of benzene rings is 1. The maximum absolute atomic E-state index is 9.98. The van der Waals surface area contributed by atoms with Crippen LogP contribution in [0.5, 0.6) is 5.75 Å². The summed E-state index contributed by atoms with van der Waals surface area (Å²) in [7, 11) is 1.80. The third kappa shape index (κ3) is 5.25. The maximum Gasteiger partial charge on any atom is 0.156 e. The van der Waals surface area contributed by atoms with E-state index in [9.17, 15) is 5.11 Å². The highest BCUT2D eigenvalue weighted by Crippen LogP contribution is 2.31. The van der Waals surface area contributed by atoms with Crippen molar-refractivity contribution in [2.75, 3.05) is 18.9 Å². The van der Waals surface area contributed by atoms with Gasteiger partial charge in [0.1, 0.15) is 17.4 Å². The molecule has 8 nitrogen and oxygen atoms in total. The van der Waals surface area contributed by atoms with Gasteiger partial charge in [0, 0.05) is 43.2 Å². The molecule has 154 valence electrons. The van der Waals surface area contributed by atoms with E-state index in [-0.39, 0.29) is 5.75 Å². The number of phenols is 1. The monoisotopic (exact) mass is 395 g/mol. The predicted octanol–water partition coefficient (Wildman–Crippen LogP) is 2.98. The van der Waals surface area contributed by atoms with Crippen LogP contribution in [0, 0.1) is 13.8 Å². The van der Waals surface area contributed by atoms with Gasteiger partial charge in [-0.2, -0.15) is 0 Å². The van der Waals surface area contributed by atoms with Crippen LogP contribution in [0.2, 0.25) is 0 Å². The van der Waals surface area contributed by atoms with Crippen LogP contribution in [0.15, 0.2) is 46.2 Å². The van der Waals surface area contributed by atoms with Gasteiger partial charge in [0.15, 0.2) is 5.82 Å². The van der Waals surface area contributed by atoms with Crippen LogP contribution in [0.4, 0.5) is 17.2 Å². The van der Waals surface area contributed by atoms with E-state index in [2.05, 4.69) is 25.6 Å². The summed E-state index contributed by atoms with van der Waals surface area (Å²) in [6.45, 7) is 8.26. The number of aromatic nitrogens is 1. The number of aromatic hydroxyl groups is 1. The number of nitrogens with zero attached hydrogens (tertiary/aromatic N) is 3. The van der Waals surface area contributed by atoms with Gasteiger partial charge in [-0.05, 0) is 39.3 Å². The SMILES string of the molecule is CCNc1cc(N=C(N)/C(C)=C\NC)ncc1C(N)=Nc1c(C)ccc(O)c1C. The van der Waals surface area contributed by atoms with Gasteiger partial charge in [-0.1, -0.05) is 6.07 Å². The number of pyridine rings is 1. The minimum atomic E-state index is 0.178. The maximum atomic E-state index is 9.98. The number of amidine groups is 2. The van der Waals surface area contributed by atoms with E-state index < -0.39 is 0 Å². The number of hydrogen-bond acceptors (Lipinski definition) is 6. The van der Waals surface area contributed by atoms with Gasteiger partial charge in [-0.15, -0.1) is 0 Å². The van der Waals surface area contributed by atoms with Crippen molar-refractivity contribution in [2.45, 2.75) is 27.7 Å². The van der Waals surface area contributed by atoms with E-state index in [0.29, 0.717) is 40.8 Å². The van der Waals surface area contributed by atoms with E-state index in [1.54, 1.807) is 44.6 Å². The zero-order chi connectivity index (χ0) is 21.6. The van der Waals surface area contributed by atoms with Crippen LogP contribution in [-0.4, -0.2) is 35.4 Å². The Bertz CT molecular complexity index is 977. The molecule has 1 aromatic heterocycles. The van der Waals surface area contributed by atoms with Crippen molar-refractivity contribution in [3.05, 3.63) is 52.9 Å². The van der Waals surface area contributed by atoms with Crippen LogP contribution < -0.4 is 22.1 Å². The normalized spacial score (nSPS) is 12.8. The third-order valence-corrected chi connectivity index (χ3v) is 4.37. The lowest BCUT2D eigenvalue weighted by atomic mass is 10.1. The molecule has 1 aromatic carbocycles. The van der Waals surface area contributed by atoms with Crippen molar-refractivity contribution in [3.8, 4) is 5.75 Å². The smallest absolute Gasteiger partial charge is 0.156 e. The van der Waals surface area contributed by atoms with Gasteiger partial charge in [-0.25, -0.2) is 15.0 Å². The Hall–Kier alpha value is -3.55. The second-order valence-electron chi connectivity index (χ2n) is 6.60. The van der Waals surface area contributed by atoms with Crippen molar-refractivity contribution >= 4 is 28.9 Å². The first kappa shape index (κ1) is 21.7. The van der Waals surface area contributed by atoms with Crippen molar-refractivity contribution < 1.29 is 5.11 Å². The lowest BCUT2D eigenvalue weighted by Gasteiger charge is -2.13. The van der Waals surface area contributed by atoms with Gasteiger partial charge in [-0.3, -0.25) is 0 Å². The largest absolute Gasteiger partial charge is 0.508 e. The lowest BCUT2D eigenvalue weighted by molar-refractivity contribution is 0.471. The second kappa shape index (κ2) is 9.59. The number of nitrogens with one attached hydrogen (secondary N) is 2. The van der Waals surface area contributed by atoms with Gasteiger partial charge >= 0.3 is 0 Å². The molecule has 0 aliphatic carbocycles. The Morgan fingerprint density at radius 2 is 1.97 bits per heavy atom. The fraction of sp³-hybridized carbons (Fsp3) is 0.286. The minimum absolute atomic E-state index is 0.178.